The van der Waals surface area contributed by atoms with E-state index in [0.29, 0.717) is 5.75 Å². The number of amides is 1. The highest BCUT2D eigenvalue weighted by Gasteiger charge is 2.31. The molecule has 0 aliphatic heterocycles. The van der Waals surface area contributed by atoms with Crippen molar-refractivity contribution in [1.29, 1.82) is 0 Å². The largest absolute Gasteiger partial charge is 0.508 e. The molecule has 1 aliphatic carbocycles. The van der Waals surface area contributed by atoms with E-state index < -0.39 is 0 Å². The minimum absolute atomic E-state index is 0.264. The number of carbonyl (C=O) groups excluding carboxylic acids is 1. The molecule has 4 heteroatoms. The van der Waals surface area contributed by atoms with E-state index in [1.165, 1.54) is 43.4 Å². The van der Waals surface area contributed by atoms with Crippen LogP contribution in [0.2, 0.25) is 0 Å². The Bertz CT molecular complexity index is 1070. The van der Waals surface area contributed by atoms with Gasteiger partial charge >= 0.3 is 0 Å². The molecule has 1 amide bonds. The first-order valence-electron chi connectivity index (χ1n) is 12.3. The molecule has 0 saturated heterocycles. The van der Waals surface area contributed by atoms with Gasteiger partial charge in [0.1, 0.15) is 5.75 Å². The summed E-state index contributed by atoms with van der Waals surface area (Å²) in [7, 11) is 0. The molecule has 0 saturated carbocycles. The number of nitrogens with zero attached hydrogens (tertiary/aromatic N) is 1. The van der Waals surface area contributed by atoms with Crippen LogP contribution in [0.1, 0.15) is 86.6 Å². The molecule has 3 aromatic rings. The quantitative estimate of drug-likeness (QED) is 0.374. The lowest BCUT2D eigenvalue weighted by molar-refractivity contribution is -0.119. The van der Waals surface area contributed by atoms with Crippen molar-refractivity contribution in [2.45, 2.75) is 83.6 Å². The number of nitrogens with two attached hydrogens (primary N) is 1. The highest BCUT2D eigenvalue weighted by atomic mass is 16.3. The lowest BCUT2D eigenvalue weighted by Gasteiger charge is -2.22. The van der Waals surface area contributed by atoms with Gasteiger partial charge in [0.15, 0.2) is 0 Å². The summed E-state index contributed by atoms with van der Waals surface area (Å²) < 4.78 is 2.36. The Morgan fingerprint density at radius 1 is 1.09 bits per heavy atom. The van der Waals surface area contributed by atoms with Crippen molar-refractivity contribution in [3.05, 3.63) is 64.8 Å². The molecule has 32 heavy (non-hydrogen) atoms. The molecule has 0 fully saturated rings. The van der Waals surface area contributed by atoms with Crippen LogP contribution >= 0.6 is 0 Å². The molecule has 1 aliphatic rings. The number of phenols is 1. The summed E-state index contributed by atoms with van der Waals surface area (Å²) in [5.41, 5.74) is 11.4. The smallest absolute Gasteiger partial charge is 0.225 e. The molecule has 1 atom stereocenters. The second kappa shape index (κ2) is 10.2. The molecular formula is C28H36N2O2. The van der Waals surface area contributed by atoms with Crippen LogP contribution in [0.4, 0.5) is 0 Å². The van der Waals surface area contributed by atoms with Crippen LogP contribution in [0.3, 0.4) is 0 Å². The van der Waals surface area contributed by atoms with Gasteiger partial charge in [0.05, 0.1) is 5.92 Å². The molecule has 0 radical (unpaired) electrons. The molecule has 0 spiro atoms. The number of benzene rings is 2. The van der Waals surface area contributed by atoms with Gasteiger partial charge in [0.2, 0.25) is 5.91 Å². The maximum absolute atomic E-state index is 12.3. The standard InChI is InChI=1S/C28H36N2O2/c1-2-3-4-5-6-10-14-21-17-25-23(18-26(21)31)27-22(28(29)32)15-11-16-24(27)30(25)19-20-12-8-7-9-13-20/h7-9,12-13,17-18,22,31H,2-6,10-11,14-16,19H2,1H3,(H2,29,32). The Morgan fingerprint density at radius 2 is 1.84 bits per heavy atom. The van der Waals surface area contributed by atoms with Gasteiger partial charge in [-0.05, 0) is 60.9 Å². The Kier molecular flexibility index (Phi) is 7.19. The number of unbranched alkanes of at least 4 members (excludes halogenated alkanes) is 5. The number of aromatic hydroxyl groups is 1. The maximum Gasteiger partial charge on any atom is 0.225 e. The number of hydrogen-bond acceptors (Lipinski definition) is 2. The fraction of sp³-hybridized carbons (Fsp3) is 0.464. The van der Waals surface area contributed by atoms with Crippen LogP contribution in [-0.2, 0) is 24.2 Å². The average Bonchev–Trinajstić information content (AvgIpc) is 3.09. The Labute approximate surface area is 191 Å². The molecule has 1 heterocycles. The van der Waals surface area contributed by atoms with Crippen molar-refractivity contribution in [3.8, 4) is 5.75 Å². The summed E-state index contributed by atoms with van der Waals surface area (Å²) in [5.74, 6) is -0.193. The lowest BCUT2D eigenvalue weighted by Crippen LogP contribution is -2.25. The summed E-state index contributed by atoms with van der Waals surface area (Å²) >= 11 is 0. The first-order chi connectivity index (χ1) is 15.6. The second-order valence-corrected chi connectivity index (χ2v) is 9.30. The number of phenolic OH excluding ortho intramolecular Hbond substituents is 1. The highest BCUT2D eigenvalue weighted by Crippen LogP contribution is 2.41. The van der Waals surface area contributed by atoms with Gasteiger partial charge in [-0.1, -0.05) is 69.4 Å². The van der Waals surface area contributed by atoms with Crippen LogP contribution in [0.15, 0.2) is 42.5 Å². The van der Waals surface area contributed by atoms with Gasteiger partial charge in [-0.15, -0.1) is 0 Å². The van der Waals surface area contributed by atoms with Gasteiger partial charge in [-0.3, -0.25) is 4.79 Å². The molecule has 0 bridgehead atoms. The van der Waals surface area contributed by atoms with Crippen molar-refractivity contribution in [2.75, 3.05) is 0 Å². The molecular weight excluding hydrogens is 396 g/mol. The predicted molar refractivity (Wildman–Crippen MR) is 131 cm³/mol. The van der Waals surface area contributed by atoms with Crippen molar-refractivity contribution in [3.63, 3.8) is 0 Å². The highest BCUT2D eigenvalue weighted by molar-refractivity contribution is 5.94. The topological polar surface area (TPSA) is 68.2 Å². The molecule has 1 unspecified atom stereocenters. The van der Waals surface area contributed by atoms with Crippen molar-refractivity contribution >= 4 is 16.8 Å². The minimum Gasteiger partial charge on any atom is -0.508 e. The lowest BCUT2D eigenvalue weighted by atomic mass is 9.84. The van der Waals surface area contributed by atoms with E-state index >= 15 is 0 Å². The number of aryl methyl sites for hydroxylation is 1. The summed E-state index contributed by atoms with van der Waals surface area (Å²) in [6, 6.07) is 14.5. The fourth-order valence-corrected chi connectivity index (χ4v) is 5.31. The van der Waals surface area contributed by atoms with E-state index in [-0.39, 0.29) is 11.8 Å². The molecule has 4 rings (SSSR count). The van der Waals surface area contributed by atoms with Crippen molar-refractivity contribution in [1.82, 2.24) is 4.57 Å². The number of rotatable bonds is 10. The average molecular weight is 433 g/mol. The third-order valence-electron chi connectivity index (χ3n) is 7.00. The van der Waals surface area contributed by atoms with Crippen LogP contribution in [-0.4, -0.2) is 15.6 Å². The van der Waals surface area contributed by atoms with Crippen molar-refractivity contribution < 1.29 is 9.90 Å². The van der Waals surface area contributed by atoms with E-state index in [1.807, 2.05) is 12.1 Å². The molecule has 4 nitrogen and oxygen atoms in total. The van der Waals surface area contributed by atoms with Gasteiger partial charge < -0.3 is 15.4 Å². The summed E-state index contributed by atoms with van der Waals surface area (Å²) in [6.45, 7) is 3.00. The van der Waals surface area contributed by atoms with Gasteiger partial charge in [0.25, 0.3) is 0 Å². The maximum atomic E-state index is 12.3. The molecule has 3 N–H and O–H groups in total. The third kappa shape index (κ3) is 4.69. The number of primary amides is 1. The summed E-state index contributed by atoms with van der Waals surface area (Å²) in [4.78, 5) is 12.3. The number of aromatic nitrogens is 1. The van der Waals surface area contributed by atoms with E-state index in [0.717, 1.165) is 60.7 Å². The zero-order valence-corrected chi connectivity index (χ0v) is 19.3. The van der Waals surface area contributed by atoms with Crippen LogP contribution in [0.5, 0.6) is 5.75 Å². The Hall–Kier alpha value is -2.75. The molecule has 1 aromatic heterocycles. The fourth-order valence-electron chi connectivity index (χ4n) is 5.31. The number of hydrogen-bond donors (Lipinski definition) is 2. The zero-order valence-electron chi connectivity index (χ0n) is 19.3. The third-order valence-corrected chi connectivity index (χ3v) is 7.00. The molecule has 170 valence electrons. The van der Waals surface area contributed by atoms with Crippen molar-refractivity contribution in [2.24, 2.45) is 5.73 Å². The van der Waals surface area contributed by atoms with E-state index in [1.54, 1.807) is 0 Å². The predicted octanol–water partition coefficient (Wildman–Crippen LogP) is 6.20. The summed E-state index contributed by atoms with van der Waals surface area (Å²) in [6.07, 6.45) is 11.0. The summed E-state index contributed by atoms with van der Waals surface area (Å²) in [5, 5.41) is 11.8. The Morgan fingerprint density at radius 3 is 2.59 bits per heavy atom. The van der Waals surface area contributed by atoms with E-state index in [2.05, 4.69) is 41.8 Å². The normalized spacial score (nSPS) is 15.7. The monoisotopic (exact) mass is 432 g/mol. The molecule has 2 aromatic carbocycles. The minimum atomic E-state index is -0.276. The number of carbonyl (C=O) groups is 1. The van der Waals surface area contributed by atoms with Gasteiger partial charge in [-0.25, -0.2) is 0 Å². The van der Waals surface area contributed by atoms with Crippen LogP contribution in [0, 0.1) is 0 Å². The SMILES string of the molecule is CCCCCCCCc1cc2c(cc1O)c1c(n2Cc2ccccc2)CCCC1C(N)=O. The van der Waals surface area contributed by atoms with E-state index in [9.17, 15) is 9.90 Å². The van der Waals surface area contributed by atoms with Gasteiger partial charge in [-0.2, -0.15) is 0 Å². The first kappa shape index (κ1) is 22.4. The number of fused-ring (bicyclic) bond motifs is 3. The van der Waals surface area contributed by atoms with Crippen LogP contribution in [0.25, 0.3) is 10.9 Å². The van der Waals surface area contributed by atoms with E-state index in [4.69, 9.17) is 5.73 Å². The Balaban J connectivity index is 1.71. The zero-order chi connectivity index (χ0) is 22.5. The first-order valence-corrected chi connectivity index (χ1v) is 12.3. The van der Waals surface area contributed by atoms with Gasteiger partial charge in [0, 0.05) is 23.1 Å². The second-order valence-electron chi connectivity index (χ2n) is 9.30. The van der Waals surface area contributed by atoms with Crippen LogP contribution < -0.4 is 5.73 Å².